The number of epoxide rings is 1. The zero-order valence-corrected chi connectivity index (χ0v) is 32.7. The molecule has 0 spiro atoms. The summed E-state index contributed by atoms with van der Waals surface area (Å²) in [4.78, 5) is 5.55. The Kier molecular flexibility index (Phi) is 6.37. The molecular formula is C56H35N3O. The molecule has 0 radical (unpaired) electrons. The summed E-state index contributed by atoms with van der Waals surface area (Å²) in [5.74, 6) is 0.943. The van der Waals surface area contributed by atoms with E-state index in [1.807, 2.05) is 0 Å². The Morgan fingerprint density at radius 1 is 0.450 bits per heavy atom. The molecule has 1 fully saturated rings. The lowest BCUT2D eigenvalue weighted by molar-refractivity contribution is 0.380. The van der Waals surface area contributed by atoms with Gasteiger partial charge in [-0.15, -0.1) is 0 Å². The van der Waals surface area contributed by atoms with Gasteiger partial charge in [0.05, 0.1) is 27.6 Å². The summed E-state index contributed by atoms with van der Waals surface area (Å²) in [5, 5.41) is 11.1. The molecular weight excluding hydrogens is 731 g/mol. The van der Waals surface area contributed by atoms with Crippen molar-refractivity contribution >= 4 is 76.1 Å². The van der Waals surface area contributed by atoms with Crippen LogP contribution in [-0.2, 0) is 4.74 Å². The van der Waals surface area contributed by atoms with Gasteiger partial charge in [0.1, 0.15) is 18.0 Å². The smallest absolute Gasteiger partial charge is 0.141 e. The second-order valence-electron chi connectivity index (χ2n) is 16.6. The maximum absolute atomic E-state index is 6.23. The van der Waals surface area contributed by atoms with Gasteiger partial charge in [0, 0.05) is 38.2 Å². The van der Waals surface area contributed by atoms with E-state index in [2.05, 4.69) is 198 Å². The number of aromatic nitrogens is 3. The van der Waals surface area contributed by atoms with E-state index in [1.165, 1.54) is 87.5 Å². The van der Waals surface area contributed by atoms with E-state index in [1.54, 1.807) is 0 Å². The number of benzene rings is 9. The first kappa shape index (κ1) is 32.4. The minimum atomic E-state index is 0.133. The number of para-hydroxylation sites is 2. The van der Waals surface area contributed by atoms with Crippen LogP contribution in [0.2, 0.25) is 0 Å². The lowest BCUT2D eigenvalue weighted by Gasteiger charge is -2.20. The number of fused-ring (bicyclic) bond motifs is 17. The summed E-state index contributed by atoms with van der Waals surface area (Å²) in [6, 6.07) is 66.8. The van der Waals surface area contributed by atoms with Gasteiger partial charge in [-0.2, -0.15) is 0 Å². The van der Waals surface area contributed by atoms with Gasteiger partial charge in [-0.25, -0.2) is 4.98 Å². The average molecular weight is 766 g/mol. The second-order valence-corrected chi connectivity index (χ2v) is 16.6. The SMILES string of the molecule is Cc1c(-n2c3ccc(-n4c5ccccc5c5c6ccccc6ccc54)cc3c3c4ccccc4ccc32)nc2ccccc2c1-c1ccc2c(c1)-c1ccccc1C1OC21. The molecule has 1 aliphatic carbocycles. The topological polar surface area (TPSA) is 35.3 Å². The fourth-order valence-corrected chi connectivity index (χ4v) is 10.8. The van der Waals surface area contributed by atoms with Gasteiger partial charge < -0.3 is 9.30 Å². The number of hydrogen-bond donors (Lipinski definition) is 0. The molecule has 0 saturated carbocycles. The van der Waals surface area contributed by atoms with E-state index in [4.69, 9.17) is 9.72 Å². The summed E-state index contributed by atoms with van der Waals surface area (Å²) in [7, 11) is 0. The quantitative estimate of drug-likeness (QED) is 0.168. The monoisotopic (exact) mass is 765 g/mol. The van der Waals surface area contributed by atoms with Crippen molar-refractivity contribution in [1.29, 1.82) is 0 Å². The first-order valence-corrected chi connectivity index (χ1v) is 20.9. The van der Waals surface area contributed by atoms with Crippen LogP contribution in [0.25, 0.3) is 110 Å². The van der Waals surface area contributed by atoms with Crippen LogP contribution in [0.1, 0.15) is 28.9 Å². The van der Waals surface area contributed by atoms with Crippen LogP contribution in [0.5, 0.6) is 0 Å². The van der Waals surface area contributed by atoms with Gasteiger partial charge in [-0.1, -0.05) is 133 Å². The Balaban J connectivity index is 1.06. The maximum Gasteiger partial charge on any atom is 0.141 e. The molecule has 0 bridgehead atoms. The fourth-order valence-electron chi connectivity index (χ4n) is 10.8. The molecule has 2 atom stereocenters. The number of hydrogen-bond acceptors (Lipinski definition) is 2. The van der Waals surface area contributed by atoms with Crippen molar-refractivity contribution in [3.8, 4) is 33.8 Å². The van der Waals surface area contributed by atoms with Gasteiger partial charge in [0.25, 0.3) is 0 Å². The molecule has 0 N–H and O–H groups in total. The molecule has 280 valence electrons. The number of ether oxygens (including phenoxy) is 1. The first-order chi connectivity index (χ1) is 29.7. The lowest BCUT2D eigenvalue weighted by atomic mass is 9.83. The van der Waals surface area contributed by atoms with Crippen molar-refractivity contribution in [3.05, 3.63) is 199 Å². The minimum absolute atomic E-state index is 0.133. The fraction of sp³-hybridized carbons (Fsp3) is 0.0536. The van der Waals surface area contributed by atoms with Crippen LogP contribution in [0.3, 0.4) is 0 Å². The van der Waals surface area contributed by atoms with E-state index >= 15 is 0 Å². The Bertz CT molecular complexity index is 3850. The maximum atomic E-state index is 6.23. The predicted octanol–water partition coefficient (Wildman–Crippen LogP) is 14.5. The zero-order valence-electron chi connectivity index (χ0n) is 32.7. The summed E-state index contributed by atoms with van der Waals surface area (Å²) >= 11 is 0. The van der Waals surface area contributed by atoms with Gasteiger partial charge in [-0.3, -0.25) is 4.57 Å². The van der Waals surface area contributed by atoms with Crippen LogP contribution in [0.15, 0.2) is 182 Å². The third-order valence-corrected chi connectivity index (χ3v) is 13.5. The zero-order chi connectivity index (χ0) is 39.2. The summed E-state index contributed by atoms with van der Waals surface area (Å²) in [5.41, 5.74) is 15.4. The molecule has 2 aliphatic rings. The molecule has 3 aromatic heterocycles. The lowest BCUT2D eigenvalue weighted by Crippen LogP contribution is -2.04. The molecule has 4 heterocycles. The largest absolute Gasteiger partial charge is 0.359 e. The van der Waals surface area contributed by atoms with Crippen molar-refractivity contribution in [2.45, 2.75) is 19.1 Å². The summed E-state index contributed by atoms with van der Waals surface area (Å²) < 4.78 is 11.1. The van der Waals surface area contributed by atoms with Crippen LogP contribution < -0.4 is 0 Å². The van der Waals surface area contributed by atoms with Gasteiger partial charge in [-0.05, 0) is 110 Å². The second kappa shape index (κ2) is 11.8. The Hall–Kier alpha value is -7.53. The van der Waals surface area contributed by atoms with Gasteiger partial charge in [0.15, 0.2) is 0 Å². The summed E-state index contributed by atoms with van der Waals surface area (Å²) in [6.07, 6.45) is 0.297. The molecule has 4 nitrogen and oxygen atoms in total. The highest BCUT2D eigenvalue weighted by Crippen LogP contribution is 2.59. The highest BCUT2D eigenvalue weighted by Gasteiger charge is 2.47. The molecule has 12 aromatic rings. The highest BCUT2D eigenvalue weighted by molar-refractivity contribution is 6.23. The van der Waals surface area contributed by atoms with Gasteiger partial charge >= 0.3 is 0 Å². The van der Waals surface area contributed by atoms with Crippen molar-refractivity contribution in [2.75, 3.05) is 0 Å². The first-order valence-electron chi connectivity index (χ1n) is 20.9. The van der Waals surface area contributed by atoms with Crippen LogP contribution in [0.4, 0.5) is 0 Å². The third-order valence-electron chi connectivity index (χ3n) is 13.5. The van der Waals surface area contributed by atoms with Crippen LogP contribution in [-0.4, -0.2) is 14.1 Å². The normalized spacial score (nSPS) is 15.7. The van der Waals surface area contributed by atoms with E-state index in [9.17, 15) is 0 Å². The number of pyridine rings is 1. The minimum Gasteiger partial charge on any atom is -0.359 e. The average Bonchev–Trinajstić information content (AvgIpc) is 3.95. The molecule has 4 heteroatoms. The Morgan fingerprint density at radius 3 is 1.85 bits per heavy atom. The number of nitrogens with zero attached hydrogens (tertiary/aromatic N) is 3. The van der Waals surface area contributed by atoms with Crippen LogP contribution in [0, 0.1) is 6.92 Å². The molecule has 14 rings (SSSR count). The van der Waals surface area contributed by atoms with Crippen LogP contribution >= 0.6 is 0 Å². The number of rotatable bonds is 3. The molecule has 1 aliphatic heterocycles. The molecule has 2 unspecified atom stereocenters. The van der Waals surface area contributed by atoms with Crippen molar-refractivity contribution in [1.82, 2.24) is 14.1 Å². The van der Waals surface area contributed by atoms with E-state index in [0.717, 1.165) is 39.0 Å². The Labute approximate surface area is 345 Å². The van der Waals surface area contributed by atoms with E-state index < -0.39 is 0 Å². The molecule has 9 aromatic carbocycles. The molecule has 1 saturated heterocycles. The third kappa shape index (κ3) is 4.30. The summed E-state index contributed by atoms with van der Waals surface area (Å²) in [6.45, 7) is 2.26. The van der Waals surface area contributed by atoms with E-state index in [-0.39, 0.29) is 12.2 Å². The van der Waals surface area contributed by atoms with Gasteiger partial charge in [0.2, 0.25) is 0 Å². The Morgan fingerprint density at radius 2 is 1.05 bits per heavy atom. The van der Waals surface area contributed by atoms with Crippen molar-refractivity contribution < 1.29 is 4.74 Å². The van der Waals surface area contributed by atoms with Crippen molar-refractivity contribution in [2.24, 2.45) is 0 Å². The molecule has 0 amide bonds. The molecule has 60 heavy (non-hydrogen) atoms. The van der Waals surface area contributed by atoms with E-state index in [0.29, 0.717) is 0 Å². The standard InChI is InChI=1S/C56H35N3O/c1-32-51(35-22-26-41-44(30-35)39-16-6-7-17-40(39)54-55(41)60-54)42-18-8-10-20-46(42)57-56(32)59-48-29-25-36(31-45(48)53-38-15-5-3-13-34(38)24-28-50(53)59)58-47-21-11-9-19-43(47)52-37-14-4-2-12-33(37)23-27-49(52)58/h2-31,54-55H,1H3. The predicted molar refractivity (Wildman–Crippen MR) is 248 cm³/mol. The highest BCUT2D eigenvalue weighted by atomic mass is 16.6. The van der Waals surface area contributed by atoms with Crippen molar-refractivity contribution in [3.63, 3.8) is 0 Å².